The first-order valence-corrected chi connectivity index (χ1v) is 7.62. The summed E-state index contributed by atoms with van der Waals surface area (Å²) in [5.74, 6) is 1.74. The molecule has 3 heteroatoms. The van der Waals surface area contributed by atoms with E-state index in [-0.39, 0.29) is 13.0 Å². The Kier molecular flexibility index (Phi) is 5.90. The zero-order chi connectivity index (χ0) is 12.8. The molecule has 0 unspecified atom stereocenters. The second-order valence-electron chi connectivity index (χ2n) is 5.95. The van der Waals surface area contributed by atoms with Crippen LogP contribution >= 0.6 is 0 Å². The second-order valence-corrected chi connectivity index (χ2v) is 5.95. The minimum Gasteiger partial charge on any atom is -0.352 e. The van der Waals surface area contributed by atoms with E-state index in [0.29, 0.717) is 17.8 Å². The van der Waals surface area contributed by atoms with Gasteiger partial charge < -0.3 is 9.47 Å². The van der Waals surface area contributed by atoms with Crippen molar-refractivity contribution in [2.45, 2.75) is 58.2 Å². The fourth-order valence-corrected chi connectivity index (χ4v) is 3.31. The number of rotatable bonds is 5. The molecule has 0 atom stereocenters. The first-order valence-electron chi connectivity index (χ1n) is 7.62. The van der Waals surface area contributed by atoms with Gasteiger partial charge in [0.1, 0.15) is 0 Å². The van der Waals surface area contributed by atoms with Crippen LogP contribution in [0.1, 0.15) is 51.9 Å². The molecule has 0 aromatic carbocycles. The van der Waals surface area contributed by atoms with E-state index in [9.17, 15) is 4.39 Å². The fraction of sp³-hybridized carbons (Fsp3) is 1.00. The van der Waals surface area contributed by atoms with Crippen molar-refractivity contribution in [2.24, 2.45) is 17.8 Å². The summed E-state index contributed by atoms with van der Waals surface area (Å²) >= 11 is 0. The maximum Gasteiger partial charge on any atom is 0.160 e. The summed E-state index contributed by atoms with van der Waals surface area (Å²) in [6.07, 6.45) is 7.77. The Labute approximate surface area is 110 Å². The van der Waals surface area contributed by atoms with Gasteiger partial charge in [-0.15, -0.1) is 0 Å². The molecular weight excluding hydrogens is 231 g/mol. The lowest BCUT2D eigenvalue weighted by atomic mass is 9.80. The predicted molar refractivity (Wildman–Crippen MR) is 70.1 cm³/mol. The Morgan fingerprint density at radius 1 is 0.944 bits per heavy atom. The fourth-order valence-electron chi connectivity index (χ4n) is 3.31. The van der Waals surface area contributed by atoms with Crippen molar-refractivity contribution in [1.29, 1.82) is 0 Å². The molecule has 1 heterocycles. The van der Waals surface area contributed by atoms with E-state index in [1.807, 2.05) is 0 Å². The molecule has 0 aromatic rings. The topological polar surface area (TPSA) is 18.5 Å². The van der Waals surface area contributed by atoms with Crippen LogP contribution < -0.4 is 0 Å². The third-order valence-corrected chi connectivity index (χ3v) is 4.48. The molecule has 1 aliphatic carbocycles. The summed E-state index contributed by atoms with van der Waals surface area (Å²) in [5, 5.41) is 0. The number of halogens is 1. The van der Waals surface area contributed by atoms with E-state index in [0.717, 1.165) is 45.3 Å². The van der Waals surface area contributed by atoms with Crippen molar-refractivity contribution in [3.8, 4) is 0 Å². The molecule has 0 radical (unpaired) electrons. The van der Waals surface area contributed by atoms with Gasteiger partial charge in [-0.25, -0.2) is 0 Å². The molecule has 0 N–H and O–H groups in total. The highest BCUT2D eigenvalue weighted by atomic mass is 19.1. The van der Waals surface area contributed by atoms with Crippen molar-refractivity contribution in [2.75, 3.05) is 19.9 Å². The van der Waals surface area contributed by atoms with Crippen LogP contribution in [0, 0.1) is 17.8 Å². The summed E-state index contributed by atoms with van der Waals surface area (Å²) in [4.78, 5) is 0. The van der Waals surface area contributed by atoms with E-state index >= 15 is 0 Å². The Balaban J connectivity index is 1.68. The van der Waals surface area contributed by atoms with Crippen molar-refractivity contribution in [3.63, 3.8) is 0 Å². The van der Waals surface area contributed by atoms with Gasteiger partial charge in [-0.1, -0.05) is 13.3 Å². The first kappa shape index (κ1) is 14.3. The highest BCUT2D eigenvalue weighted by molar-refractivity contribution is 4.76. The van der Waals surface area contributed by atoms with Crippen LogP contribution in [-0.2, 0) is 9.47 Å². The third kappa shape index (κ3) is 3.92. The standard InChI is InChI=1S/C15H27FO2/c1-2-3-13-10-17-15(18-11-13)14-6-4-12(5-7-14)8-9-16/h12-15H,2-11H2,1H3. The maximum atomic E-state index is 12.3. The van der Waals surface area contributed by atoms with E-state index in [1.165, 1.54) is 12.8 Å². The normalized spacial score (nSPS) is 37.7. The second kappa shape index (κ2) is 7.44. The number of alkyl halides is 1. The minimum atomic E-state index is -0.162. The van der Waals surface area contributed by atoms with Gasteiger partial charge in [0.15, 0.2) is 6.29 Å². The summed E-state index contributed by atoms with van der Waals surface area (Å²) < 4.78 is 24.1. The molecule has 2 rings (SSSR count). The van der Waals surface area contributed by atoms with Gasteiger partial charge in [0.25, 0.3) is 0 Å². The first-order chi connectivity index (χ1) is 8.83. The van der Waals surface area contributed by atoms with Crippen molar-refractivity contribution in [1.82, 2.24) is 0 Å². The smallest absolute Gasteiger partial charge is 0.160 e. The van der Waals surface area contributed by atoms with Gasteiger partial charge >= 0.3 is 0 Å². The largest absolute Gasteiger partial charge is 0.352 e. The van der Waals surface area contributed by atoms with Gasteiger partial charge in [-0.3, -0.25) is 4.39 Å². The van der Waals surface area contributed by atoms with Crippen molar-refractivity contribution >= 4 is 0 Å². The quantitative estimate of drug-likeness (QED) is 0.743. The van der Waals surface area contributed by atoms with Crippen LogP contribution in [0.4, 0.5) is 4.39 Å². The molecule has 0 spiro atoms. The molecule has 0 amide bonds. The monoisotopic (exact) mass is 258 g/mol. The zero-order valence-electron chi connectivity index (χ0n) is 11.6. The summed E-state index contributed by atoms with van der Waals surface area (Å²) in [6, 6.07) is 0. The van der Waals surface area contributed by atoms with Crippen molar-refractivity contribution in [3.05, 3.63) is 0 Å². The summed E-state index contributed by atoms with van der Waals surface area (Å²) in [7, 11) is 0. The predicted octanol–water partition coefficient (Wildman–Crippen LogP) is 3.94. The lowest BCUT2D eigenvalue weighted by molar-refractivity contribution is -0.230. The molecule has 1 saturated carbocycles. The zero-order valence-corrected chi connectivity index (χ0v) is 11.6. The van der Waals surface area contributed by atoms with Crippen LogP contribution in [0.3, 0.4) is 0 Å². The molecule has 2 aliphatic rings. The highest BCUT2D eigenvalue weighted by Gasteiger charge is 2.32. The molecule has 1 saturated heterocycles. The van der Waals surface area contributed by atoms with E-state index in [4.69, 9.17) is 9.47 Å². The van der Waals surface area contributed by atoms with Gasteiger partial charge in [-0.2, -0.15) is 0 Å². The minimum absolute atomic E-state index is 0.0180. The lowest BCUT2D eigenvalue weighted by Gasteiger charge is -2.37. The Morgan fingerprint density at radius 3 is 2.17 bits per heavy atom. The van der Waals surface area contributed by atoms with E-state index in [1.54, 1.807) is 0 Å². The van der Waals surface area contributed by atoms with Gasteiger partial charge in [0.2, 0.25) is 0 Å². The SMILES string of the molecule is CCCC1COC(C2CCC(CCF)CC2)OC1. The van der Waals surface area contributed by atoms with Crippen molar-refractivity contribution < 1.29 is 13.9 Å². The molecule has 1 aliphatic heterocycles. The Bertz CT molecular complexity index is 195. The highest BCUT2D eigenvalue weighted by Crippen LogP contribution is 2.35. The van der Waals surface area contributed by atoms with Crippen LogP contribution in [0.5, 0.6) is 0 Å². The van der Waals surface area contributed by atoms with Gasteiger partial charge in [-0.05, 0) is 44.4 Å². The molecule has 106 valence electrons. The summed E-state index contributed by atoms with van der Waals surface area (Å²) in [6.45, 7) is 3.77. The molecule has 2 fully saturated rings. The number of ether oxygens (including phenoxy) is 2. The molecule has 0 bridgehead atoms. The van der Waals surface area contributed by atoms with Crippen LogP contribution in [0.15, 0.2) is 0 Å². The third-order valence-electron chi connectivity index (χ3n) is 4.48. The average molecular weight is 258 g/mol. The summed E-state index contributed by atoms with van der Waals surface area (Å²) in [5.41, 5.74) is 0. The molecule has 18 heavy (non-hydrogen) atoms. The van der Waals surface area contributed by atoms with Crippen LogP contribution in [0.25, 0.3) is 0 Å². The Morgan fingerprint density at radius 2 is 1.61 bits per heavy atom. The van der Waals surface area contributed by atoms with E-state index < -0.39 is 0 Å². The van der Waals surface area contributed by atoms with Crippen LogP contribution in [0.2, 0.25) is 0 Å². The molecular formula is C15H27FO2. The van der Waals surface area contributed by atoms with E-state index in [2.05, 4.69) is 6.92 Å². The molecule has 0 aromatic heterocycles. The Hall–Kier alpha value is -0.150. The van der Waals surface area contributed by atoms with Gasteiger partial charge in [0.05, 0.1) is 19.9 Å². The maximum absolute atomic E-state index is 12.3. The average Bonchev–Trinajstić information content (AvgIpc) is 2.41. The lowest BCUT2D eigenvalue weighted by Crippen LogP contribution is -2.38. The van der Waals surface area contributed by atoms with Gasteiger partial charge in [0, 0.05) is 11.8 Å². The van der Waals surface area contributed by atoms with Crippen LogP contribution in [-0.4, -0.2) is 26.2 Å². The number of hydrogen-bond donors (Lipinski definition) is 0. The molecule has 2 nitrogen and oxygen atoms in total. The number of hydrogen-bond acceptors (Lipinski definition) is 2.